The van der Waals surface area contributed by atoms with Crippen LogP contribution in [0.4, 0.5) is 10.5 Å². The molecule has 22 heavy (non-hydrogen) atoms. The summed E-state index contributed by atoms with van der Waals surface area (Å²) in [5.74, 6) is -0.264. The number of rotatable bonds is 3. The second-order valence-corrected chi connectivity index (χ2v) is 5.61. The lowest BCUT2D eigenvalue weighted by Crippen LogP contribution is -2.51. The van der Waals surface area contributed by atoms with E-state index in [-0.39, 0.29) is 12.5 Å². The number of nitrogens with zero attached hydrogens (tertiary/aromatic N) is 2. The van der Waals surface area contributed by atoms with E-state index in [1.165, 1.54) is 23.9 Å². The van der Waals surface area contributed by atoms with Crippen molar-refractivity contribution < 1.29 is 9.59 Å². The zero-order valence-electron chi connectivity index (χ0n) is 13.5. The van der Waals surface area contributed by atoms with Gasteiger partial charge in [0.15, 0.2) is 0 Å². The summed E-state index contributed by atoms with van der Waals surface area (Å²) in [5, 5.41) is 4.67. The number of carbonyl (C=O) groups excluding carboxylic acids is 2. The molecule has 0 spiro atoms. The molecule has 1 aliphatic rings. The molecule has 0 atom stereocenters. The normalized spacial score (nSPS) is 15.5. The molecule has 1 aliphatic heterocycles. The predicted molar refractivity (Wildman–Crippen MR) is 87.2 cm³/mol. The van der Waals surface area contributed by atoms with Gasteiger partial charge in [-0.05, 0) is 31.0 Å². The van der Waals surface area contributed by atoms with Crippen molar-refractivity contribution in [1.82, 2.24) is 15.5 Å². The van der Waals surface area contributed by atoms with Gasteiger partial charge in [0.2, 0.25) is 5.91 Å². The molecule has 1 saturated heterocycles. The average molecular weight is 304 g/mol. The van der Waals surface area contributed by atoms with Crippen LogP contribution in [0.25, 0.3) is 0 Å². The van der Waals surface area contributed by atoms with Crippen molar-refractivity contribution in [3.8, 4) is 0 Å². The van der Waals surface area contributed by atoms with Gasteiger partial charge in [-0.15, -0.1) is 0 Å². The third-order valence-corrected chi connectivity index (χ3v) is 4.14. The van der Waals surface area contributed by atoms with Gasteiger partial charge in [0.05, 0.1) is 6.54 Å². The van der Waals surface area contributed by atoms with Crippen LogP contribution in [0.5, 0.6) is 0 Å². The molecule has 6 heteroatoms. The monoisotopic (exact) mass is 304 g/mol. The molecule has 0 bridgehead atoms. The fourth-order valence-electron chi connectivity index (χ4n) is 2.66. The van der Waals surface area contributed by atoms with Crippen molar-refractivity contribution in [3.05, 3.63) is 29.3 Å². The van der Waals surface area contributed by atoms with Gasteiger partial charge in [0, 0.05) is 38.9 Å². The molecule has 2 N–H and O–H groups in total. The summed E-state index contributed by atoms with van der Waals surface area (Å²) in [6.07, 6.45) is 0. The molecule has 0 unspecified atom stereocenters. The standard InChI is InChI=1S/C16H24N4O2/c1-12-5-4-6-14(13(12)2)20-9-7-19(8-10-20)11-15(21)18-16(22)17-3/h4-6H,7-11H2,1-3H3,(H2,17,18,21,22). The fourth-order valence-corrected chi connectivity index (χ4v) is 2.66. The van der Waals surface area contributed by atoms with Crippen LogP contribution in [-0.2, 0) is 4.79 Å². The van der Waals surface area contributed by atoms with E-state index in [9.17, 15) is 9.59 Å². The number of carbonyl (C=O) groups is 2. The van der Waals surface area contributed by atoms with E-state index in [4.69, 9.17) is 0 Å². The van der Waals surface area contributed by atoms with Crippen molar-refractivity contribution in [3.63, 3.8) is 0 Å². The van der Waals surface area contributed by atoms with E-state index in [1.54, 1.807) is 0 Å². The molecular formula is C16H24N4O2. The van der Waals surface area contributed by atoms with Gasteiger partial charge in [-0.2, -0.15) is 0 Å². The van der Waals surface area contributed by atoms with Gasteiger partial charge in [-0.3, -0.25) is 15.0 Å². The highest BCUT2D eigenvalue weighted by molar-refractivity contribution is 5.95. The molecule has 0 aliphatic carbocycles. The minimum absolute atomic E-state index is 0.258. The average Bonchev–Trinajstić information content (AvgIpc) is 2.50. The number of benzene rings is 1. The summed E-state index contributed by atoms with van der Waals surface area (Å²) < 4.78 is 0. The molecule has 0 saturated carbocycles. The van der Waals surface area contributed by atoms with Gasteiger partial charge in [0.1, 0.15) is 0 Å². The van der Waals surface area contributed by atoms with Crippen molar-refractivity contribution in [2.75, 3.05) is 44.7 Å². The number of aryl methyl sites for hydroxylation is 1. The van der Waals surface area contributed by atoms with Crippen LogP contribution < -0.4 is 15.5 Å². The zero-order chi connectivity index (χ0) is 16.1. The number of urea groups is 1. The fraction of sp³-hybridized carbons (Fsp3) is 0.500. The van der Waals surface area contributed by atoms with E-state index >= 15 is 0 Å². The number of hydrogen-bond donors (Lipinski definition) is 2. The van der Waals surface area contributed by atoms with Crippen LogP contribution in [0.1, 0.15) is 11.1 Å². The Morgan fingerprint density at radius 3 is 2.45 bits per heavy atom. The van der Waals surface area contributed by atoms with E-state index < -0.39 is 6.03 Å². The summed E-state index contributed by atoms with van der Waals surface area (Å²) in [6, 6.07) is 5.90. The second kappa shape index (κ2) is 7.26. The summed E-state index contributed by atoms with van der Waals surface area (Å²) in [6.45, 7) is 7.93. The predicted octanol–water partition coefficient (Wildman–Crippen LogP) is 0.881. The maximum absolute atomic E-state index is 11.7. The Labute approximate surface area is 131 Å². The number of anilines is 1. The number of hydrogen-bond acceptors (Lipinski definition) is 4. The lowest BCUT2D eigenvalue weighted by Gasteiger charge is -2.36. The van der Waals surface area contributed by atoms with Crippen LogP contribution in [0, 0.1) is 13.8 Å². The Morgan fingerprint density at radius 1 is 1.14 bits per heavy atom. The Balaban J connectivity index is 1.87. The largest absolute Gasteiger partial charge is 0.369 e. The molecule has 2 rings (SSSR count). The van der Waals surface area contributed by atoms with E-state index in [2.05, 4.69) is 52.5 Å². The number of nitrogens with one attached hydrogen (secondary N) is 2. The van der Waals surface area contributed by atoms with Crippen molar-refractivity contribution in [2.24, 2.45) is 0 Å². The van der Waals surface area contributed by atoms with Crippen molar-refractivity contribution in [1.29, 1.82) is 0 Å². The highest BCUT2D eigenvalue weighted by atomic mass is 16.2. The van der Waals surface area contributed by atoms with E-state index in [0.29, 0.717) is 0 Å². The van der Waals surface area contributed by atoms with Crippen LogP contribution in [0.15, 0.2) is 18.2 Å². The summed E-state index contributed by atoms with van der Waals surface area (Å²) in [4.78, 5) is 27.2. The maximum Gasteiger partial charge on any atom is 0.321 e. The SMILES string of the molecule is CNC(=O)NC(=O)CN1CCN(c2cccc(C)c2C)CC1. The number of piperazine rings is 1. The minimum atomic E-state index is -0.459. The van der Waals surface area contributed by atoms with E-state index in [1.807, 2.05) is 0 Å². The van der Waals surface area contributed by atoms with Crippen molar-refractivity contribution >= 4 is 17.6 Å². The Morgan fingerprint density at radius 2 is 1.82 bits per heavy atom. The summed E-state index contributed by atoms with van der Waals surface area (Å²) in [5.41, 5.74) is 3.88. The zero-order valence-corrected chi connectivity index (χ0v) is 13.5. The first-order chi connectivity index (χ1) is 10.5. The van der Waals surface area contributed by atoms with Gasteiger partial charge >= 0.3 is 6.03 Å². The first-order valence-electron chi connectivity index (χ1n) is 7.56. The smallest absolute Gasteiger partial charge is 0.321 e. The third kappa shape index (κ3) is 3.98. The van der Waals surface area contributed by atoms with Crippen LogP contribution in [0.2, 0.25) is 0 Å². The van der Waals surface area contributed by atoms with Crippen molar-refractivity contribution in [2.45, 2.75) is 13.8 Å². The van der Waals surface area contributed by atoms with E-state index in [0.717, 1.165) is 26.2 Å². The molecular weight excluding hydrogens is 280 g/mol. The highest BCUT2D eigenvalue weighted by Gasteiger charge is 2.20. The Bertz CT molecular complexity index is 551. The first kappa shape index (κ1) is 16.3. The molecule has 0 radical (unpaired) electrons. The van der Waals surface area contributed by atoms with Crippen LogP contribution in [-0.4, -0.2) is 56.6 Å². The maximum atomic E-state index is 11.7. The molecule has 0 aromatic heterocycles. The Kier molecular flexibility index (Phi) is 5.38. The van der Waals surface area contributed by atoms with Gasteiger partial charge in [-0.25, -0.2) is 4.79 Å². The summed E-state index contributed by atoms with van der Waals surface area (Å²) >= 11 is 0. The van der Waals surface area contributed by atoms with Gasteiger partial charge in [0.25, 0.3) is 0 Å². The lowest BCUT2D eigenvalue weighted by atomic mass is 10.1. The first-order valence-corrected chi connectivity index (χ1v) is 7.56. The second-order valence-electron chi connectivity index (χ2n) is 5.61. The Hall–Kier alpha value is -2.08. The molecule has 120 valence electrons. The lowest BCUT2D eigenvalue weighted by molar-refractivity contribution is -0.121. The third-order valence-electron chi connectivity index (χ3n) is 4.14. The molecule has 1 aromatic rings. The molecule has 6 nitrogen and oxygen atoms in total. The molecule has 1 fully saturated rings. The molecule has 3 amide bonds. The van der Waals surface area contributed by atoms with Gasteiger partial charge < -0.3 is 10.2 Å². The molecule has 1 heterocycles. The molecule has 1 aromatic carbocycles. The number of amides is 3. The number of imide groups is 1. The summed E-state index contributed by atoms with van der Waals surface area (Å²) in [7, 11) is 1.49. The minimum Gasteiger partial charge on any atom is -0.369 e. The quantitative estimate of drug-likeness (QED) is 0.870. The van der Waals surface area contributed by atoms with Gasteiger partial charge in [-0.1, -0.05) is 12.1 Å². The van der Waals surface area contributed by atoms with Crippen LogP contribution in [0.3, 0.4) is 0 Å². The topological polar surface area (TPSA) is 64.7 Å². The van der Waals surface area contributed by atoms with Crippen LogP contribution >= 0.6 is 0 Å². The highest BCUT2D eigenvalue weighted by Crippen LogP contribution is 2.23.